The van der Waals surface area contributed by atoms with Crippen LogP contribution in [0.1, 0.15) is 65.5 Å². The number of carbonyl (C=O) groups is 2. The smallest absolute Gasteiger partial charge is 0.310 e. The number of hydrogen-bond donors (Lipinski definition) is 3. The van der Waals surface area contributed by atoms with Crippen LogP contribution >= 0.6 is 0 Å². The van der Waals surface area contributed by atoms with Gasteiger partial charge in [-0.15, -0.1) is 0 Å². The Balaban J connectivity index is 1.40. The van der Waals surface area contributed by atoms with E-state index in [1.165, 1.54) is 21.1 Å². The number of benzene rings is 3. The lowest BCUT2D eigenvalue weighted by molar-refractivity contribution is -0.161. The molecule has 6 atom stereocenters. The largest absolute Gasteiger partial charge is 0.504 e. The first kappa shape index (κ1) is 31.7. The van der Waals surface area contributed by atoms with Crippen LogP contribution in [-0.2, 0) is 51.4 Å². The molecule has 3 aromatic carbocycles. The van der Waals surface area contributed by atoms with Gasteiger partial charge >= 0.3 is 11.9 Å². The van der Waals surface area contributed by atoms with Crippen LogP contribution in [0.15, 0.2) is 48.5 Å². The Bertz CT molecular complexity index is 1610. The molecule has 3 aliphatic rings. The predicted molar refractivity (Wildman–Crippen MR) is 169 cm³/mol. The highest BCUT2D eigenvalue weighted by Crippen LogP contribution is 2.53. The van der Waals surface area contributed by atoms with Crippen molar-refractivity contribution in [3.63, 3.8) is 0 Å². The maximum atomic E-state index is 13.4. The quantitative estimate of drug-likeness (QED) is 0.303. The van der Waals surface area contributed by atoms with Gasteiger partial charge in [-0.2, -0.15) is 0 Å². The van der Waals surface area contributed by atoms with Gasteiger partial charge in [0.15, 0.2) is 23.0 Å². The molecule has 0 amide bonds. The van der Waals surface area contributed by atoms with Crippen molar-refractivity contribution in [3.8, 4) is 23.0 Å². The van der Waals surface area contributed by atoms with Crippen LogP contribution < -0.4 is 9.47 Å². The number of phenols is 2. The summed E-state index contributed by atoms with van der Waals surface area (Å²) in [7, 11) is 3.06. The van der Waals surface area contributed by atoms with E-state index >= 15 is 0 Å². The summed E-state index contributed by atoms with van der Waals surface area (Å²) >= 11 is 0. The zero-order chi connectivity index (χ0) is 32.5. The zero-order valence-corrected chi connectivity index (χ0v) is 26.5. The molecule has 1 fully saturated rings. The number of carbonyl (C=O) groups excluding carboxylic acids is 2. The third-order valence-corrected chi connectivity index (χ3v) is 10.2. The summed E-state index contributed by atoms with van der Waals surface area (Å²) in [5.41, 5.74) is 5.71. The second-order valence-electron chi connectivity index (χ2n) is 12.9. The van der Waals surface area contributed by atoms with Crippen molar-refractivity contribution in [3.05, 3.63) is 81.9 Å². The summed E-state index contributed by atoms with van der Waals surface area (Å²) in [4.78, 5) is 25.9. The van der Waals surface area contributed by atoms with Crippen LogP contribution in [0.25, 0.3) is 0 Å². The van der Waals surface area contributed by atoms with Crippen molar-refractivity contribution in [2.24, 2.45) is 17.8 Å². The normalized spacial score (nSPS) is 25.0. The number of ether oxygens (including phenoxy) is 4. The summed E-state index contributed by atoms with van der Waals surface area (Å²) in [5, 5.41) is 30.8. The molecule has 0 unspecified atom stereocenters. The molecule has 0 aromatic heterocycles. The minimum atomic E-state index is -0.534. The number of hydrogen-bond acceptors (Lipinski definition) is 9. The van der Waals surface area contributed by atoms with Gasteiger partial charge in [0, 0.05) is 19.3 Å². The molecule has 3 N–H and O–H groups in total. The lowest BCUT2D eigenvalue weighted by atomic mass is 9.58. The number of aliphatic hydroxyl groups is 1. The van der Waals surface area contributed by atoms with Gasteiger partial charge in [-0.1, -0.05) is 24.3 Å². The molecule has 0 spiro atoms. The summed E-state index contributed by atoms with van der Waals surface area (Å²) in [6.07, 6.45) is 2.85. The van der Waals surface area contributed by atoms with Crippen LogP contribution in [0, 0.1) is 17.8 Å². The SMILES string of the molecule is COc1cc2c(cc1O)C[C@H]1[C@H]3CCc4cc(O)c(OC)cc4[C@H]3C[C@H](OC(=O)Cc3cccc(CO)c3)C[C@H](OC(C)=O)[C@H]1C2. The highest BCUT2D eigenvalue weighted by atomic mass is 16.6. The predicted octanol–water partition coefficient (Wildman–Crippen LogP) is 5.16. The first-order valence-electron chi connectivity index (χ1n) is 16.0. The van der Waals surface area contributed by atoms with E-state index in [1.807, 2.05) is 24.3 Å². The molecule has 1 saturated carbocycles. The number of esters is 2. The molecule has 6 rings (SSSR count). The molecule has 0 aliphatic heterocycles. The maximum Gasteiger partial charge on any atom is 0.310 e. The number of methoxy groups -OCH3 is 2. The molecule has 3 aromatic rings. The number of aliphatic hydroxyl groups excluding tert-OH is 1. The average molecular weight is 631 g/mol. The fourth-order valence-corrected chi connectivity index (χ4v) is 8.30. The standard InChI is InChI=1S/C37H42O9/c1-20(39)45-34-17-26(46-37(42)10-21-5-4-6-22(9-21)19-38)16-30-27(8-7-23-13-32(40)36(44-3)18-28(23)30)29-11-24-14-33(41)35(43-2)15-25(24)12-31(29)34/h4-6,9,13-15,18,26-27,29-31,34,38,40-41H,7-8,10-12,16-17,19H2,1-3H3/t26-,27+,29-,30-,31-,34-/m0/s1. The van der Waals surface area contributed by atoms with Crippen LogP contribution in [0.2, 0.25) is 0 Å². The van der Waals surface area contributed by atoms with Gasteiger partial charge in [0.05, 0.1) is 27.2 Å². The third-order valence-electron chi connectivity index (χ3n) is 10.2. The Morgan fingerprint density at radius 3 is 2.20 bits per heavy atom. The summed E-state index contributed by atoms with van der Waals surface area (Å²) < 4.78 is 23.2. The Labute approximate surface area is 269 Å². The summed E-state index contributed by atoms with van der Waals surface area (Å²) in [6.45, 7) is 1.30. The summed E-state index contributed by atoms with van der Waals surface area (Å²) in [6, 6.07) is 14.6. The van der Waals surface area contributed by atoms with E-state index in [0.717, 1.165) is 46.2 Å². The van der Waals surface area contributed by atoms with Gasteiger partial charge in [0.2, 0.25) is 0 Å². The molecule has 0 bridgehead atoms. The van der Waals surface area contributed by atoms with Gasteiger partial charge in [0.1, 0.15) is 12.2 Å². The van der Waals surface area contributed by atoms with E-state index in [1.54, 1.807) is 24.3 Å². The minimum absolute atomic E-state index is 0.00654. The van der Waals surface area contributed by atoms with E-state index in [-0.39, 0.29) is 60.1 Å². The van der Waals surface area contributed by atoms with Gasteiger partial charge in [-0.05, 0) is 108 Å². The van der Waals surface area contributed by atoms with E-state index in [2.05, 4.69) is 0 Å². The monoisotopic (exact) mass is 630 g/mol. The number of aryl methyl sites for hydroxylation is 1. The molecular formula is C37H42O9. The first-order chi connectivity index (χ1) is 22.2. The Morgan fingerprint density at radius 1 is 0.804 bits per heavy atom. The molecule has 9 nitrogen and oxygen atoms in total. The highest BCUT2D eigenvalue weighted by Gasteiger charge is 2.48. The van der Waals surface area contributed by atoms with Crippen LogP contribution in [0.4, 0.5) is 0 Å². The lowest BCUT2D eigenvalue weighted by Crippen LogP contribution is -2.47. The lowest BCUT2D eigenvalue weighted by Gasteiger charge is -2.49. The second kappa shape index (κ2) is 13.2. The number of phenolic OH excluding ortho intramolecular Hbond substituents is 2. The van der Waals surface area contributed by atoms with Crippen LogP contribution in [0.3, 0.4) is 0 Å². The molecule has 3 aliphatic carbocycles. The molecule has 9 heteroatoms. The van der Waals surface area contributed by atoms with E-state index in [0.29, 0.717) is 37.2 Å². The molecule has 46 heavy (non-hydrogen) atoms. The van der Waals surface area contributed by atoms with Crippen LogP contribution in [-0.4, -0.2) is 53.7 Å². The Hall–Kier alpha value is -4.24. The van der Waals surface area contributed by atoms with Gasteiger partial charge in [-0.3, -0.25) is 9.59 Å². The molecule has 0 heterocycles. The fraction of sp³-hybridized carbons (Fsp3) is 0.459. The number of rotatable bonds is 7. The highest BCUT2D eigenvalue weighted by molar-refractivity contribution is 5.73. The molecular weight excluding hydrogens is 588 g/mol. The molecule has 244 valence electrons. The zero-order valence-electron chi connectivity index (χ0n) is 26.5. The topological polar surface area (TPSA) is 132 Å². The Morgan fingerprint density at radius 2 is 1.48 bits per heavy atom. The first-order valence-corrected chi connectivity index (χ1v) is 16.0. The van der Waals surface area contributed by atoms with Crippen molar-refractivity contribution in [1.29, 1.82) is 0 Å². The average Bonchev–Trinajstić information content (AvgIpc) is 3.02. The van der Waals surface area contributed by atoms with Crippen molar-refractivity contribution in [2.45, 2.75) is 76.6 Å². The second-order valence-corrected chi connectivity index (χ2v) is 12.9. The van der Waals surface area contributed by atoms with Crippen LogP contribution in [0.5, 0.6) is 23.0 Å². The number of fused-ring (bicyclic) bond motifs is 6. The molecule has 0 radical (unpaired) electrons. The Kier molecular flexibility index (Phi) is 9.13. The minimum Gasteiger partial charge on any atom is -0.504 e. The third kappa shape index (κ3) is 6.38. The van der Waals surface area contributed by atoms with E-state index in [4.69, 9.17) is 18.9 Å². The van der Waals surface area contributed by atoms with E-state index < -0.39 is 12.2 Å². The van der Waals surface area contributed by atoms with Gasteiger partial charge < -0.3 is 34.3 Å². The van der Waals surface area contributed by atoms with Crippen molar-refractivity contribution >= 4 is 11.9 Å². The summed E-state index contributed by atoms with van der Waals surface area (Å²) in [5.74, 6) is 0.463. The molecule has 0 saturated heterocycles. The van der Waals surface area contributed by atoms with E-state index in [9.17, 15) is 24.9 Å². The van der Waals surface area contributed by atoms with Gasteiger partial charge in [-0.25, -0.2) is 0 Å². The van der Waals surface area contributed by atoms with Crippen molar-refractivity contribution in [2.75, 3.05) is 14.2 Å². The fourth-order valence-electron chi connectivity index (χ4n) is 8.30. The number of aromatic hydroxyl groups is 2. The van der Waals surface area contributed by atoms with Crippen molar-refractivity contribution in [1.82, 2.24) is 0 Å². The van der Waals surface area contributed by atoms with Crippen molar-refractivity contribution < 1.29 is 43.9 Å². The van der Waals surface area contributed by atoms with Gasteiger partial charge in [0.25, 0.3) is 0 Å². The maximum absolute atomic E-state index is 13.4.